The third kappa shape index (κ3) is 8.69. The molecule has 0 spiro atoms. The number of carbonyl (C=O) groups is 2. The SMILES string of the molecule is C=Cc1cc(/C=C/C(c2cc(Cl)c(Cl)c(Cl)c2)C(F)(F)F)ccc1C(=O)NC(C)C(=O)NCC(F)(F)F. The lowest BCUT2D eigenvalue weighted by Crippen LogP contribution is -2.47. The largest absolute Gasteiger partial charge is 0.405 e. The van der Waals surface area contributed by atoms with Gasteiger partial charge in [-0.2, -0.15) is 26.3 Å². The number of hydrogen-bond acceptors (Lipinski definition) is 2. The predicted molar refractivity (Wildman–Crippen MR) is 132 cm³/mol. The number of carbonyl (C=O) groups excluding carboxylic acids is 2. The second-order valence-electron chi connectivity index (χ2n) is 7.76. The molecule has 0 fully saturated rings. The van der Waals surface area contributed by atoms with E-state index >= 15 is 0 Å². The Bertz CT molecular complexity index is 1190. The van der Waals surface area contributed by atoms with Gasteiger partial charge in [0.1, 0.15) is 12.6 Å². The van der Waals surface area contributed by atoms with Gasteiger partial charge in [-0.05, 0) is 47.9 Å². The summed E-state index contributed by atoms with van der Waals surface area (Å²) in [6, 6.07) is 4.84. The van der Waals surface area contributed by atoms with Crippen molar-refractivity contribution in [3.05, 3.63) is 80.3 Å². The van der Waals surface area contributed by atoms with E-state index in [1.807, 2.05) is 0 Å². The minimum Gasteiger partial charge on any atom is -0.345 e. The van der Waals surface area contributed by atoms with E-state index in [4.69, 9.17) is 34.8 Å². The van der Waals surface area contributed by atoms with Gasteiger partial charge in [-0.1, -0.05) is 65.7 Å². The topological polar surface area (TPSA) is 58.2 Å². The molecule has 4 nitrogen and oxygen atoms in total. The van der Waals surface area contributed by atoms with Crippen molar-refractivity contribution in [2.45, 2.75) is 31.2 Å². The molecule has 200 valence electrons. The van der Waals surface area contributed by atoms with Crippen LogP contribution in [0, 0.1) is 0 Å². The van der Waals surface area contributed by atoms with Crippen molar-refractivity contribution in [1.29, 1.82) is 0 Å². The average molecular weight is 588 g/mol. The highest BCUT2D eigenvalue weighted by Crippen LogP contribution is 2.41. The number of benzene rings is 2. The molecule has 0 aliphatic rings. The van der Waals surface area contributed by atoms with Crippen molar-refractivity contribution in [1.82, 2.24) is 10.6 Å². The summed E-state index contributed by atoms with van der Waals surface area (Å²) < 4.78 is 78.1. The summed E-state index contributed by atoms with van der Waals surface area (Å²) in [7, 11) is 0. The van der Waals surface area contributed by atoms with Crippen LogP contribution in [-0.2, 0) is 4.79 Å². The van der Waals surface area contributed by atoms with Crippen LogP contribution in [-0.4, -0.2) is 36.8 Å². The van der Waals surface area contributed by atoms with Crippen molar-refractivity contribution in [3.8, 4) is 0 Å². The summed E-state index contributed by atoms with van der Waals surface area (Å²) in [4.78, 5) is 24.4. The van der Waals surface area contributed by atoms with E-state index in [0.717, 1.165) is 18.2 Å². The Labute approximate surface area is 223 Å². The molecule has 0 radical (unpaired) electrons. The Morgan fingerprint density at radius 1 is 1.03 bits per heavy atom. The monoisotopic (exact) mass is 586 g/mol. The number of hydrogen-bond donors (Lipinski definition) is 2. The molecule has 2 atom stereocenters. The molecule has 0 saturated heterocycles. The first-order valence-corrected chi connectivity index (χ1v) is 11.5. The standard InChI is InChI=1S/C24H19Cl3F6N2O2/c1-3-14-8-13(4-6-16(14)22(37)35-12(2)21(36)34-11-23(28,29)30)5-7-17(24(31,32)33)15-9-18(25)20(27)19(26)10-15/h3-10,12,17H,1,11H2,2H3,(H,34,36)(H,35,37)/b7-5+. The van der Waals surface area contributed by atoms with Crippen LogP contribution in [0.2, 0.25) is 15.1 Å². The first-order chi connectivity index (χ1) is 17.0. The van der Waals surface area contributed by atoms with Crippen LogP contribution in [0.5, 0.6) is 0 Å². The summed E-state index contributed by atoms with van der Waals surface area (Å²) in [6.45, 7) is 3.20. The summed E-state index contributed by atoms with van der Waals surface area (Å²) in [5, 5.41) is 3.56. The van der Waals surface area contributed by atoms with Crippen molar-refractivity contribution in [3.63, 3.8) is 0 Å². The maximum Gasteiger partial charge on any atom is 0.405 e. The lowest BCUT2D eigenvalue weighted by molar-refractivity contribution is -0.139. The molecule has 2 rings (SSSR count). The maximum absolute atomic E-state index is 13.8. The predicted octanol–water partition coefficient (Wildman–Crippen LogP) is 7.45. The molecule has 0 aliphatic heterocycles. The number of rotatable bonds is 8. The first kappa shape index (κ1) is 30.5. The van der Waals surface area contributed by atoms with Crippen molar-refractivity contribution in [2.24, 2.45) is 0 Å². The van der Waals surface area contributed by atoms with Gasteiger partial charge in [-0.25, -0.2) is 0 Å². The van der Waals surface area contributed by atoms with Gasteiger partial charge in [0.05, 0.1) is 21.0 Å². The zero-order valence-electron chi connectivity index (χ0n) is 18.9. The molecular weight excluding hydrogens is 569 g/mol. The molecule has 0 bridgehead atoms. The van der Waals surface area contributed by atoms with Crippen LogP contribution in [0.15, 0.2) is 43.0 Å². The fourth-order valence-corrected chi connectivity index (χ4v) is 3.73. The highest BCUT2D eigenvalue weighted by Gasteiger charge is 2.39. The van der Waals surface area contributed by atoms with Crippen LogP contribution >= 0.6 is 34.8 Å². The number of alkyl halides is 6. The van der Waals surface area contributed by atoms with Crippen molar-refractivity contribution < 1.29 is 35.9 Å². The number of nitrogens with one attached hydrogen (secondary N) is 2. The highest BCUT2D eigenvalue weighted by atomic mass is 35.5. The molecular formula is C24H19Cl3F6N2O2. The minimum atomic E-state index is -4.69. The van der Waals surface area contributed by atoms with E-state index in [2.05, 4.69) is 11.9 Å². The Morgan fingerprint density at radius 3 is 2.14 bits per heavy atom. The zero-order valence-corrected chi connectivity index (χ0v) is 21.2. The lowest BCUT2D eigenvalue weighted by atomic mass is 9.96. The molecule has 0 saturated carbocycles. The van der Waals surface area contributed by atoms with E-state index in [0.29, 0.717) is 0 Å². The Morgan fingerprint density at radius 2 is 1.62 bits per heavy atom. The normalized spacial score (nSPS) is 13.8. The molecule has 2 aromatic rings. The number of amides is 2. The molecule has 37 heavy (non-hydrogen) atoms. The zero-order chi connectivity index (χ0) is 28.1. The summed E-state index contributed by atoms with van der Waals surface area (Å²) in [5.74, 6) is -3.92. The van der Waals surface area contributed by atoms with Crippen LogP contribution in [0.1, 0.15) is 39.9 Å². The molecule has 0 heterocycles. The van der Waals surface area contributed by atoms with E-state index < -0.39 is 42.7 Å². The Kier molecular flexibility index (Phi) is 10.1. The molecule has 0 aliphatic carbocycles. The molecule has 2 aromatic carbocycles. The summed E-state index contributed by atoms with van der Waals surface area (Å²) >= 11 is 17.6. The van der Waals surface area contributed by atoms with Gasteiger partial charge in [0.25, 0.3) is 5.91 Å². The van der Waals surface area contributed by atoms with Gasteiger partial charge in [0, 0.05) is 5.56 Å². The molecule has 2 amide bonds. The van der Waals surface area contributed by atoms with Gasteiger partial charge in [0.2, 0.25) is 5.91 Å². The first-order valence-electron chi connectivity index (χ1n) is 10.3. The molecule has 0 aromatic heterocycles. The second kappa shape index (κ2) is 12.2. The van der Waals surface area contributed by atoms with Gasteiger partial charge in [-0.3, -0.25) is 9.59 Å². The average Bonchev–Trinajstić information content (AvgIpc) is 2.79. The summed E-state index contributed by atoms with van der Waals surface area (Å²) in [6.07, 6.45) is -5.99. The van der Waals surface area contributed by atoms with E-state index in [1.54, 1.807) is 5.32 Å². The van der Waals surface area contributed by atoms with Gasteiger partial charge in [0.15, 0.2) is 0 Å². The minimum absolute atomic E-state index is 0.00579. The smallest absolute Gasteiger partial charge is 0.345 e. The summed E-state index contributed by atoms with van der Waals surface area (Å²) in [5.41, 5.74) is 0.263. The quantitative estimate of drug-likeness (QED) is 0.249. The Hall–Kier alpha value is -2.69. The lowest BCUT2D eigenvalue weighted by Gasteiger charge is -2.18. The Balaban J connectivity index is 2.26. The van der Waals surface area contributed by atoms with Crippen molar-refractivity contribution in [2.75, 3.05) is 6.54 Å². The second-order valence-corrected chi connectivity index (χ2v) is 8.95. The van der Waals surface area contributed by atoms with E-state index in [9.17, 15) is 35.9 Å². The van der Waals surface area contributed by atoms with Crippen LogP contribution in [0.4, 0.5) is 26.3 Å². The molecule has 13 heteroatoms. The van der Waals surface area contributed by atoms with Gasteiger partial charge < -0.3 is 10.6 Å². The van der Waals surface area contributed by atoms with Crippen LogP contribution in [0.3, 0.4) is 0 Å². The highest BCUT2D eigenvalue weighted by molar-refractivity contribution is 6.48. The van der Waals surface area contributed by atoms with Gasteiger partial charge >= 0.3 is 12.4 Å². The maximum atomic E-state index is 13.8. The fourth-order valence-electron chi connectivity index (χ4n) is 3.11. The number of allylic oxidation sites excluding steroid dienone is 1. The van der Waals surface area contributed by atoms with Crippen LogP contribution in [0.25, 0.3) is 12.2 Å². The third-order valence-electron chi connectivity index (χ3n) is 4.94. The van der Waals surface area contributed by atoms with E-state index in [1.165, 1.54) is 37.3 Å². The fraction of sp³-hybridized carbons (Fsp3) is 0.250. The molecule has 2 unspecified atom stereocenters. The molecule has 2 N–H and O–H groups in total. The number of halogens is 9. The third-order valence-corrected chi connectivity index (χ3v) is 6.14. The van der Waals surface area contributed by atoms with Gasteiger partial charge in [-0.15, -0.1) is 0 Å². The van der Waals surface area contributed by atoms with Crippen LogP contribution < -0.4 is 10.6 Å². The van der Waals surface area contributed by atoms with E-state index in [-0.39, 0.29) is 37.3 Å². The van der Waals surface area contributed by atoms with Crippen molar-refractivity contribution >= 4 is 58.8 Å².